The zero-order chi connectivity index (χ0) is 19.5. The Morgan fingerprint density at radius 1 is 0.966 bits per heavy atom. The Morgan fingerprint density at radius 3 is 2.31 bits per heavy atom. The van der Waals surface area contributed by atoms with E-state index in [0.29, 0.717) is 37.6 Å². The first kappa shape index (κ1) is 16.5. The van der Waals surface area contributed by atoms with Gasteiger partial charge in [0.2, 0.25) is 0 Å². The SMILES string of the molecule is O=C1C(=Cc2nc3oc(-c4nccs4)nc3s2)C(=O)c2cc3ccccc3cc21. The lowest BCUT2D eigenvalue weighted by atomic mass is 10.0. The number of nitrogens with zero attached hydrogens (tertiary/aromatic N) is 3. The van der Waals surface area contributed by atoms with Gasteiger partial charge in [0.15, 0.2) is 21.4 Å². The lowest BCUT2D eigenvalue weighted by Gasteiger charge is -2.00. The molecule has 0 N–H and O–H groups in total. The van der Waals surface area contributed by atoms with Crippen LogP contribution in [0.4, 0.5) is 0 Å². The lowest BCUT2D eigenvalue weighted by Crippen LogP contribution is -2.00. The largest absolute Gasteiger partial charge is 0.414 e. The smallest absolute Gasteiger partial charge is 0.259 e. The molecule has 0 atom stereocenters. The van der Waals surface area contributed by atoms with Crippen molar-refractivity contribution in [2.75, 3.05) is 0 Å². The predicted octanol–water partition coefficient (Wildman–Crippen LogP) is 5.02. The standard InChI is InChI=1S/C21H9N3O3S2/c25-16-12-7-10-3-1-2-4-11(10)8-13(12)17(26)14(16)9-15-23-19-21(29-15)24-18(27-19)20-22-5-6-28-20/h1-9H. The summed E-state index contributed by atoms with van der Waals surface area (Å²) in [5.74, 6) is -0.141. The van der Waals surface area contributed by atoms with Crippen LogP contribution in [0.5, 0.6) is 0 Å². The van der Waals surface area contributed by atoms with E-state index in [1.54, 1.807) is 18.3 Å². The van der Waals surface area contributed by atoms with Crippen LogP contribution >= 0.6 is 22.7 Å². The highest BCUT2D eigenvalue weighted by Crippen LogP contribution is 2.34. The Bertz CT molecular complexity index is 1400. The number of allylic oxidation sites excluding steroid dienone is 1. The molecule has 1 aliphatic rings. The molecule has 29 heavy (non-hydrogen) atoms. The maximum Gasteiger partial charge on any atom is 0.259 e. The molecule has 6 rings (SSSR count). The second-order valence-electron chi connectivity index (χ2n) is 6.48. The van der Waals surface area contributed by atoms with Gasteiger partial charge < -0.3 is 4.42 Å². The van der Waals surface area contributed by atoms with Crippen molar-refractivity contribution in [3.8, 4) is 10.9 Å². The summed E-state index contributed by atoms with van der Waals surface area (Å²) in [5.41, 5.74) is 1.36. The maximum atomic E-state index is 12.9. The van der Waals surface area contributed by atoms with Gasteiger partial charge in [-0.3, -0.25) is 9.59 Å². The quantitative estimate of drug-likeness (QED) is 0.297. The van der Waals surface area contributed by atoms with Crippen molar-refractivity contribution in [2.24, 2.45) is 0 Å². The fourth-order valence-corrected chi connectivity index (χ4v) is 4.77. The van der Waals surface area contributed by atoms with Gasteiger partial charge in [-0.2, -0.15) is 9.97 Å². The highest BCUT2D eigenvalue weighted by Gasteiger charge is 2.33. The summed E-state index contributed by atoms with van der Waals surface area (Å²) in [5, 5.41) is 4.89. The summed E-state index contributed by atoms with van der Waals surface area (Å²) in [6.45, 7) is 0. The van der Waals surface area contributed by atoms with Crippen LogP contribution in [0.2, 0.25) is 0 Å². The van der Waals surface area contributed by atoms with Gasteiger partial charge in [0.1, 0.15) is 5.01 Å². The molecule has 3 heterocycles. The van der Waals surface area contributed by atoms with Crippen LogP contribution in [0.25, 0.3) is 38.3 Å². The van der Waals surface area contributed by atoms with E-state index in [1.807, 2.05) is 29.6 Å². The van der Waals surface area contributed by atoms with E-state index >= 15 is 0 Å². The molecule has 3 aromatic heterocycles. The summed E-state index contributed by atoms with van der Waals surface area (Å²) in [6.07, 6.45) is 3.21. The average Bonchev–Trinajstić information content (AvgIpc) is 3.48. The van der Waals surface area contributed by atoms with Gasteiger partial charge in [-0.25, -0.2) is 4.98 Å². The van der Waals surface area contributed by atoms with Crippen LogP contribution in [0, 0.1) is 0 Å². The van der Waals surface area contributed by atoms with Crippen molar-refractivity contribution in [2.45, 2.75) is 0 Å². The van der Waals surface area contributed by atoms with E-state index in [4.69, 9.17) is 4.42 Å². The minimum absolute atomic E-state index is 0.117. The summed E-state index contributed by atoms with van der Waals surface area (Å²) in [6, 6.07) is 11.2. The van der Waals surface area contributed by atoms with Crippen LogP contribution in [0.3, 0.4) is 0 Å². The minimum atomic E-state index is -0.279. The lowest BCUT2D eigenvalue weighted by molar-refractivity contribution is 0.0990. The molecule has 2 aromatic carbocycles. The first-order valence-corrected chi connectivity index (χ1v) is 10.4. The number of carbonyl (C=O) groups is 2. The number of aromatic nitrogens is 3. The molecule has 0 bridgehead atoms. The number of oxazole rings is 1. The first-order chi connectivity index (χ1) is 14.2. The number of rotatable bonds is 2. The van der Waals surface area contributed by atoms with E-state index in [0.717, 1.165) is 10.8 Å². The van der Waals surface area contributed by atoms with Gasteiger partial charge in [0.05, 0.1) is 5.57 Å². The molecule has 138 valence electrons. The molecule has 0 amide bonds. The average molecular weight is 415 g/mol. The van der Waals surface area contributed by atoms with E-state index in [1.165, 1.54) is 28.7 Å². The van der Waals surface area contributed by atoms with Crippen molar-refractivity contribution in [3.63, 3.8) is 0 Å². The van der Waals surface area contributed by atoms with Gasteiger partial charge in [0.25, 0.3) is 11.6 Å². The number of Topliss-reactive ketones (excluding diaryl/α,β-unsaturated/α-hetero) is 2. The highest BCUT2D eigenvalue weighted by atomic mass is 32.1. The van der Waals surface area contributed by atoms with Crippen LogP contribution in [0.1, 0.15) is 25.7 Å². The molecular formula is C21H9N3O3S2. The molecule has 0 saturated heterocycles. The molecule has 1 aliphatic carbocycles. The van der Waals surface area contributed by atoms with E-state index < -0.39 is 0 Å². The molecule has 0 spiro atoms. The summed E-state index contributed by atoms with van der Waals surface area (Å²) < 4.78 is 5.66. The number of hydrogen-bond donors (Lipinski definition) is 0. The number of fused-ring (bicyclic) bond motifs is 3. The van der Waals surface area contributed by atoms with Gasteiger partial charge in [-0.15, -0.1) is 11.3 Å². The molecular weight excluding hydrogens is 406 g/mol. The van der Waals surface area contributed by atoms with E-state index in [9.17, 15) is 9.59 Å². The van der Waals surface area contributed by atoms with Gasteiger partial charge in [0, 0.05) is 22.7 Å². The van der Waals surface area contributed by atoms with Crippen LogP contribution < -0.4 is 0 Å². The Kier molecular flexibility index (Phi) is 3.41. The van der Waals surface area contributed by atoms with Crippen molar-refractivity contribution >= 4 is 61.6 Å². The van der Waals surface area contributed by atoms with Crippen molar-refractivity contribution < 1.29 is 14.0 Å². The second kappa shape index (κ2) is 6.00. The Balaban J connectivity index is 1.41. The molecule has 6 nitrogen and oxygen atoms in total. The Morgan fingerprint density at radius 2 is 1.69 bits per heavy atom. The van der Waals surface area contributed by atoms with Crippen LogP contribution in [-0.4, -0.2) is 26.5 Å². The Labute approximate surface area is 171 Å². The van der Waals surface area contributed by atoms with Crippen molar-refractivity contribution in [1.82, 2.24) is 15.0 Å². The molecule has 0 aliphatic heterocycles. The summed E-state index contributed by atoms with van der Waals surface area (Å²) in [4.78, 5) is 39.3. The highest BCUT2D eigenvalue weighted by molar-refractivity contribution is 7.19. The van der Waals surface area contributed by atoms with Gasteiger partial charge in [-0.1, -0.05) is 35.6 Å². The van der Waals surface area contributed by atoms with Crippen LogP contribution in [-0.2, 0) is 0 Å². The Hall–Kier alpha value is -3.49. The second-order valence-corrected chi connectivity index (χ2v) is 8.38. The third-order valence-electron chi connectivity index (χ3n) is 4.74. The van der Waals surface area contributed by atoms with Crippen molar-refractivity contribution in [3.05, 3.63) is 69.7 Å². The number of carbonyl (C=O) groups excluding carboxylic acids is 2. The minimum Gasteiger partial charge on any atom is -0.414 e. The molecule has 0 saturated carbocycles. The topological polar surface area (TPSA) is 85.9 Å². The molecule has 0 fully saturated rings. The van der Waals surface area contributed by atoms with E-state index in [2.05, 4.69) is 15.0 Å². The normalized spacial score (nSPS) is 13.6. The molecule has 5 aromatic rings. The number of thiazole rings is 2. The number of hydrogen-bond acceptors (Lipinski definition) is 8. The fourth-order valence-electron chi connectivity index (χ4n) is 3.40. The monoisotopic (exact) mass is 415 g/mol. The maximum absolute atomic E-state index is 12.9. The van der Waals surface area contributed by atoms with Gasteiger partial charge in [-0.05, 0) is 29.0 Å². The number of benzene rings is 2. The summed E-state index contributed by atoms with van der Waals surface area (Å²) in [7, 11) is 0. The van der Waals surface area contributed by atoms with Crippen molar-refractivity contribution in [1.29, 1.82) is 0 Å². The molecule has 0 radical (unpaired) electrons. The zero-order valence-corrected chi connectivity index (χ0v) is 16.2. The number of ketones is 2. The zero-order valence-electron chi connectivity index (χ0n) is 14.6. The fraction of sp³-hybridized carbons (Fsp3) is 0. The summed E-state index contributed by atoms with van der Waals surface area (Å²) >= 11 is 2.70. The van der Waals surface area contributed by atoms with Crippen LogP contribution in [0.15, 0.2) is 58.0 Å². The molecule has 0 unspecified atom stereocenters. The van der Waals surface area contributed by atoms with E-state index in [-0.39, 0.29) is 17.1 Å². The molecule has 8 heteroatoms. The van der Waals surface area contributed by atoms with Gasteiger partial charge >= 0.3 is 0 Å². The third kappa shape index (κ3) is 2.50. The first-order valence-electron chi connectivity index (χ1n) is 8.68. The predicted molar refractivity (Wildman–Crippen MR) is 111 cm³/mol. The third-order valence-corrected chi connectivity index (χ3v) is 6.38.